The van der Waals surface area contributed by atoms with Gasteiger partial charge in [0.2, 0.25) is 0 Å². The maximum Gasteiger partial charge on any atom is 0.140 e. The molecule has 0 aliphatic rings. The molecule has 0 saturated heterocycles. The van der Waals surface area contributed by atoms with Crippen LogP contribution in [0.3, 0.4) is 0 Å². The summed E-state index contributed by atoms with van der Waals surface area (Å²) in [5.41, 5.74) is 2.10. The minimum atomic E-state index is -0.216. The van der Waals surface area contributed by atoms with Gasteiger partial charge >= 0.3 is 0 Å². The second-order valence-corrected chi connectivity index (χ2v) is 4.89. The first-order valence-corrected chi connectivity index (χ1v) is 6.51. The normalized spacial score (nSPS) is 11.6. The number of anilines is 1. The molecule has 0 saturated carbocycles. The lowest BCUT2D eigenvalue weighted by Crippen LogP contribution is -2.15. The van der Waals surface area contributed by atoms with Crippen molar-refractivity contribution in [3.05, 3.63) is 58.3 Å². The van der Waals surface area contributed by atoms with E-state index < -0.39 is 0 Å². The molecule has 4 nitrogen and oxygen atoms in total. The van der Waals surface area contributed by atoms with Crippen molar-refractivity contribution in [2.45, 2.75) is 6.04 Å². The van der Waals surface area contributed by atoms with Gasteiger partial charge < -0.3 is 10.4 Å². The Morgan fingerprint density at radius 2 is 2.21 bits per heavy atom. The van der Waals surface area contributed by atoms with Crippen LogP contribution >= 0.6 is 15.9 Å². The number of rotatable bonds is 4. The van der Waals surface area contributed by atoms with Gasteiger partial charge in [0.15, 0.2) is 0 Å². The highest BCUT2D eigenvalue weighted by atomic mass is 79.9. The van der Waals surface area contributed by atoms with Crippen molar-refractivity contribution in [2.75, 3.05) is 11.9 Å². The summed E-state index contributed by atoms with van der Waals surface area (Å²) in [7, 11) is 0. The average Bonchev–Trinajstić information content (AvgIpc) is 2.45. The Morgan fingerprint density at radius 1 is 1.37 bits per heavy atom. The minimum Gasteiger partial charge on any atom is -0.394 e. The number of hydrogen-bond donors (Lipinski definition) is 2. The van der Waals surface area contributed by atoms with Crippen molar-refractivity contribution < 1.29 is 5.11 Å². The van der Waals surface area contributed by atoms with Gasteiger partial charge in [0.25, 0.3) is 0 Å². The van der Waals surface area contributed by atoms with Crippen LogP contribution in [0.4, 0.5) is 5.69 Å². The van der Waals surface area contributed by atoms with Crippen molar-refractivity contribution in [1.29, 1.82) is 5.26 Å². The fraction of sp³-hybridized carbons (Fsp3) is 0.143. The molecule has 1 unspecified atom stereocenters. The number of hydrogen-bond acceptors (Lipinski definition) is 4. The molecule has 5 heteroatoms. The van der Waals surface area contributed by atoms with Crippen molar-refractivity contribution in [1.82, 2.24) is 4.98 Å². The number of halogens is 1. The molecule has 1 heterocycles. The zero-order valence-electron chi connectivity index (χ0n) is 10.0. The van der Waals surface area contributed by atoms with Crippen LogP contribution in [-0.4, -0.2) is 16.7 Å². The van der Waals surface area contributed by atoms with Crippen molar-refractivity contribution in [2.24, 2.45) is 0 Å². The number of nitrogens with zero attached hydrogens (tertiary/aromatic N) is 2. The van der Waals surface area contributed by atoms with Gasteiger partial charge in [-0.15, -0.1) is 0 Å². The lowest BCUT2D eigenvalue weighted by molar-refractivity contribution is 0.276. The summed E-state index contributed by atoms with van der Waals surface area (Å²) >= 11 is 3.41. The van der Waals surface area contributed by atoms with E-state index in [1.54, 1.807) is 18.3 Å². The van der Waals surface area contributed by atoms with Crippen LogP contribution in [0.2, 0.25) is 0 Å². The molecule has 96 valence electrons. The SMILES string of the molecule is N#Cc1ccc(NC(CO)c2cccc(Br)c2)cn1. The highest BCUT2D eigenvalue weighted by Crippen LogP contribution is 2.21. The number of aromatic nitrogens is 1. The third-order valence-corrected chi connectivity index (χ3v) is 3.15. The van der Waals surface area contributed by atoms with Crippen LogP contribution < -0.4 is 5.32 Å². The number of nitriles is 1. The van der Waals surface area contributed by atoms with Crippen LogP contribution in [-0.2, 0) is 0 Å². The number of aliphatic hydroxyl groups is 1. The molecule has 0 radical (unpaired) electrons. The topological polar surface area (TPSA) is 68.9 Å². The van der Waals surface area contributed by atoms with Gasteiger partial charge in [-0.3, -0.25) is 0 Å². The molecule has 2 aromatic rings. The molecule has 0 spiro atoms. The van der Waals surface area contributed by atoms with E-state index in [0.29, 0.717) is 5.69 Å². The molecule has 0 amide bonds. The molecule has 1 aromatic carbocycles. The van der Waals surface area contributed by atoms with E-state index in [1.807, 2.05) is 30.3 Å². The molecule has 2 N–H and O–H groups in total. The summed E-state index contributed by atoms with van der Waals surface area (Å²) in [4.78, 5) is 3.98. The van der Waals surface area contributed by atoms with Crippen molar-refractivity contribution in [3.63, 3.8) is 0 Å². The lowest BCUT2D eigenvalue weighted by atomic mass is 10.1. The lowest BCUT2D eigenvalue weighted by Gasteiger charge is -2.18. The Balaban J connectivity index is 2.17. The van der Waals surface area contributed by atoms with E-state index in [1.165, 1.54) is 0 Å². The molecule has 0 aliphatic carbocycles. The second-order valence-electron chi connectivity index (χ2n) is 3.98. The van der Waals surface area contributed by atoms with Crippen LogP contribution in [0.5, 0.6) is 0 Å². The molecule has 0 aliphatic heterocycles. The Kier molecular flexibility index (Phi) is 4.50. The molecule has 0 fully saturated rings. The molecular formula is C14H12BrN3O. The summed E-state index contributed by atoms with van der Waals surface area (Å²) in [6.45, 7) is -0.0313. The number of pyridine rings is 1. The van der Waals surface area contributed by atoms with E-state index in [4.69, 9.17) is 5.26 Å². The second kappa shape index (κ2) is 6.32. The Labute approximate surface area is 119 Å². The van der Waals surface area contributed by atoms with Crippen molar-refractivity contribution >= 4 is 21.6 Å². The van der Waals surface area contributed by atoms with Gasteiger partial charge in [-0.05, 0) is 29.8 Å². The summed E-state index contributed by atoms with van der Waals surface area (Å²) < 4.78 is 0.961. The largest absolute Gasteiger partial charge is 0.394 e. The van der Waals surface area contributed by atoms with Crippen LogP contribution in [0.1, 0.15) is 17.3 Å². The van der Waals surface area contributed by atoms with E-state index in [9.17, 15) is 5.11 Å². The number of benzene rings is 1. The number of aliphatic hydroxyl groups excluding tert-OH is 1. The zero-order valence-corrected chi connectivity index (χ0v) is 11.6. The quantitative estimate of drug-likeness (QED) is 0.909. The summed E-state index contributed by atoms with van der Waals surface area (Å²) in [5.74, 6) is 0. The highest BCUT2D eigenvalue weighted by Gasteiger charge is 2.10. The highest BCUT2D eigenvalue weighted by molar-refractivity contribution is 9.10. The Morgan fingerprint density at radius 3 is 2.79 bits per heavy atom. The van der Waals surface area contributed by atoms with Crippen molar-refractivity contribution in [3.8, 4) is 6.07 Å². The van der Waals surface area contributed by atoms with Gasteiger partial charge in [-0.2, -0.15) is 5.26 Å². The van der Waals surface area contributed by atoms with Gasteiger partial charge in [-0.25, -0.2) is 4.98 Å². The first kappa shape index (κ1) is 13.5. The molecular weight excluding hydrogens is 306 g/mol. The van der Waals surface area contributed by atoms with Crippen LogP contribution in [0.25, 0.3) is 0 Å². The van der Waals surface area contributed by atoms with Gasteiger partial charge in [-0.1, -0.05) is 28.1 Å². The molecule has 1 atom stereocenters. The third kappa shape index (κ3) is 3.53. The first-order chi connectivity index (χ1) is 9.22. The van der Waals surface area contributed by atoms with Crippen LogP contribution in [0, 0.1) is 11.3 Å². The summed E-state index contributed by atoms with van der Waals surface area (Å²) in [5, 5.41) is 21.3. The zero-order chi connectivity index (χ0) is 13.7. The maximum absolute atomic E-state index is 9.48. The Hall–Kier alpha value is -1.90. The van der Waals surface area contributed by atoms with E-state index in [0.717, 1.165) is 15.7 Å². The molecule has 1 aromatic heterocycles. The summed E-state index contributed by atoms with van der Waals surface area (Å²) in [6.07, 6.45) is 1.58. The summed E-state index contributed by atoms with van der Waals surface area (Å²) in [6, 6.07) is 12.9. The standard InChI is InChI=1S/C14H12BrN3O/c15-11-3-1-2-10(6-11)14(9-19)18-13-5-4-12(7-16)17-8-13/h1-6,8,14,18-19H,9H2. The fourth-order valence-corrected chi connectivity index (χ4v) is 2.12. The van der Waals surface area contributed by atoms with Gasteiger partial charge in [0.05, 0.1) is 24.5 Å². The van der Waals surface area contributed by atoms with E-state index >= 15 is 0 Å². The first-order valence-electron chi connectivity index (χ1n) is 5.72. The minimum absolute atomic E-state index is 0.0313. The van der Waals surface area contributed by atoms with Gasteiger partial charge in [0.1, 0.15) is 11.8 Å². The van der Waals surface area contributed by atoms with E-state index in [-0.39, 0.29) is 12.6 Å². The smallest absolute Gasteiger partial charge is 0.140 e. The monoisotopic (exact) mass is 317 g/mol. The maximum atomic E-state index is 9.48. The Bertz CT molecular complexity index is 592. The average molecular weight is 318 g/mol. The fourth-order valence-electron chi connectivity index (χ4n) is 1.70. The molecule has 2 rings (SSSR count). The third-order valence-electron chi connectivity index (χ3n) is 2.65. The number of nitrogens with one attached hydrogen (secondary N) is 1. The predicted molar refractivity (Wildman–Crippen MR) is 76.5 cm³/mol. The van der Waals surface area contributed by atoms with Gasteiger partial charge in [0, 0.05) is 4.47 Å². The predicted octanol–water partition coefficient (Wildman–Crippen LogP) is 2.86. The molecule has 19 heavy (non-hydrogen) atoms. The van der Waals surface area contributed by atoms with E-state index in [2.05, 4.69) is 26.2 Å². The van der Waals surface area contributed by atoms with Crippen LogP contribution in [0.15, 0.2) is 47.1 Å². The molecule has 0 bridgehead atoms.